The lowest BCUT2D eigenvalue weighted by Crippen LogP contribution is -2.40. The van der Waals surface area contributed by atoms with Gasteiger partial charge < -0.3 is 9.64 Å². The van der Waals surface area contributed by atoms with Gasteiger partial charge in [-0.15, -0.1) is 0 Å². The number of amides is 1. The van der Waals surface area contributed by atoms with Gasteiger partial charge in [0.15, 0.2) is 11.6 Å². The van der Waals surface area contributed by atoms with Crippen molar-refractivity contribution in [2.24, 2.45) is 0 Å². The van der Waals surface area contributed by atoms with E-state index in [1.54, 1.807) is 18.2 Å². The van der Waals surface area contributed by atoms with Crippen molar-refractivity contribution in [2.75, 3.05) is 19.7 Å². The maximum atomic E-state index is 13.5. The van der Waals surface area contributed by atoms with Gasteiger partial charge in [-0.2, -0.15) is 5.10 Å². The molecule has 1 fully saturated rings. The zero-order chi connectivity index (χ0) is 17.6. The van der Waals surface area contributed by atoms with Crippen LogP contribution in [0.25, 0.3) is 0 Å². The van der Waals surface area contributed by atoms with E-state index in [1.165, 1.54) is 6.07 Å². The van der Waals surface area contributed by atoms with Gasteiger partial charge in [-0.1, -0.05) is 12.1 Å². The molecule has 2 aromatic rings. The van der Waals surface area contributed by atoms with Gasteiger partial charge in [0.2, 0.25) is 5.91 Å². The van der Waals surface area contributed by atoms with Crippen molar-refractivity contribution in [2.45, 2.75) is 38.6 Å². The fraction of sp³-hybridized carbons (Fsp3) is 0.474. The van der Waals surface area contributed by atoms with Crippen molar-refractivity contribution in [1.29, 1.82) is 0 Å². The van der Waals surface area contributed by atoms with Gasteiger partial charge in [-0.25, -0.2) is 4.39 Å². The smallest absolute Gasteiger partial charge is 0.222 e. The molecule has 0 radical (unpaired) electrons. The maximum Gasteiger partial charge on any atom is 0.222 e. The van der Waals surface area contributed by atoms with E-state index in [9.17, 15) is 9.18 Å². The first-order chi connectivity index (χ1) is 12.1. The molecule has 2 heterocycles. The van der Waals surface area contributed by atoms with E-state index in [0.29, 0.717) is 26.0 Å². The zero-order valence-electron chi connectivity index (χ0n) is 14.5. The van der Waals surface area contributed by atoms with E-state index in [4.69, 9.17) is 4.74 Å². The van der Waals surface area contributed by atoms with Crippen LogP contribution in [0.1, 0.15) is 37.3 Å². The number of hydrogen-bond donors (Lipinski definition) is 0. The second-order valence-corrected chi connectivity index (χ2v) is 6.52. The molecule has 1 amide bonds. The van der Waals surface area contributed by atoms with Crippen molar-refractivity contribution in [1.82, 2.24) is 14.7 Å². The minimum Gasteiger partial charge on any atom is -0.491 e. The fourth-order valence-electron chi connectivity index (χ4n) is 3.16. The number of likely N-dealkylation sites (tertiary alicyclic amines) is 1. The molecule has 134 valence electrons. The molecule has 0 aliphatic carbocycles. The number of aromatic nitrogens is 2. The fourth-order valence-corrected chi connectivity index (χ4v) is 3.16. The number of para-hydroxylation sites is 1. The highest BCUT2D eigenvalue weighted by molar-refractivity contribution is 5.76. The van der Waals surface area contributed by atoms with E-state index < -0.39 is 0 Å². The van der Waals surface area contributed by atoms with Crippen LogP contribution >= 0.6 is 0 Å². The van der Waals surface area contributed by atoms with Crippen molar-refractivity contribution in [3.8, 4) is 5.75 Å². The molecule has 1 aliphatic rings. The molecule has 1 aromatic heterocycles. The highest BCUT2D eigenvalue weighted by atomic mass is 19.1. The third-order valence-electron chi connectivity index (χ3n) is 4.48. The standard InChI is InChI=1S/C19H24FN3O2/c1-15-12-21-23(13-15)16-6-4-10-22(14-16)19(24)9-5-11-25-18-8-3-2-7-17(18)20/h2-3,7-8,12-13,16H,4-6,9-11,14H2,1H3/t16-/m1/s1. The lowest BCUT2D eigenvalue weighted by Gasteiger charge is -2.33. The molecular weight excluding hydrogens is 321 g/mol. The molecule has 0 bridgehead atoms. The normalized spacial score (nSPS) is 17.5. The Morgan fingerprint density at radius 1 is 1.40 bits per heavy atom. The largest absolute Gasteiger partial charge is 0.491 e. The molecule has 0 saturated carbocycles. The van der Waals surface area contributed by atoms with Crippen LogP contribution in [0.5, 0.6) is 5.75 Å². The number of halogens is 1. The Bertz CT molecular complexity index is 716. The third-order valence-corrected chi connectivity index (χ3v) is 4.48. The third kappa shape index (κ3) is 4.59. The Balaban J connectivity index is 1.44. The van der Waals surface area contributed by atoms with E-state index in [-0.39, 0.29) is 23.5 Å². The molecule has 1 saturated heterocycles. The summed E-state index contributed by atoms with van der Waals surface area (Å²) in [4.78, 5) is 14.3. The lowest BCUT2D eigenvalue weighted by atomic mass is 10.1. The minimum absolute atomic E-state index is 0.130. The summed E-state index contributed by atoms with van der Waals surface area (Å²) in [5, 5.41) is 4.37. The summed E-state index contributed by atoms with van der Waals surface area (Å²) in [6, 6.07) is 6.57. The van der Waals surface area contributed by atoms with E-state index >= 15 is 0 Å². The summed E-state index contributed by atoms with van der Waals surface area (Å²) in [5.41, 5.74) is 1.13. The van der Waals surface area contributed by atoms with Crippen molar-refractivity contribution in [3.63, 3.8) is 0 Å². The van der Waals surface area contributed by atoms with Crippen LogP contribution in [0, 0.1) is 12.7 Å². The first-order valence-electron chi connectivity index (χ1n) is 8.79. The van der Waals surface area contributed by atoms with Gasteiger partial charge in [0.1, 0.15) is 0 Å². The molecule has 1 aliphatic heterocycles. The predicted molar refractivity (Wildman–Crippen MR) is 92.9 cm³/mol. The number of carbonyl (C=O) groups excluding carboxylic acids is 1. The predicted octanol–water partition coefficient (Wildman–Crippen LogP) is 3.35. The maximum absolute atomic E-state index is 13.5. The Morgan fingerprint density at radius 2 is 2.24 bits per heavy atom. The van der Waals surface area contributed by atoms with Gasteiger partial charge in [0.05, 0.1) is 18.8 Å². The summed E-state index contributed by atoms with van der Waals surface area (Å²) in [5.74, 6) is -0.00466. The molecule has 5 nitrogen and oxygen atoms in total. The highest BCUT2D eigenvalue weighted by Gasteiger charge is 2.24. The molecule has 0 spiro atoms. The summed E-state index contributed by atoms with van der Waals surface area (Å²) in [7, 11) is 0. The minimum atomic E-state index is -0.373. The molecular formula is C19H24FN3O2. The first-order valence-corrected chi connectivity index (χ1v) is 8.79. The Morgan fingerprint density at radius 3 is 3.00 bits per heavy atom. The Kier molecular flexibility index (Phi) is 5.68. The molecule has 1 aromatic carbocycles. The van der Waals surface area contributed by atoms with Crippen molar-refractivity contribution >= 4 is 5.91 Å². The van der Waals surface area contributed by atoms with Gasteiger partial charge in [0.25, 0.3) is 0 Å². The van der Waals surface area contributed by atoms with Crippen LogP contribution in [-0.2, 0) is 4.79 Å². The summed E-state index contributed by atoms with van der Waals surface area (Å²) in [6.07, 6.45) is 6.90. The highest BCUT2D eigenvalue weighted by Crippen LogP contribution is 2.22. The van der Waals surface area contributed by atoms with E-state index in [1.807, 2.05) is 28.9 Å². The molecule has 0 N–H and O–H groups in total. The number of nitrogens with zero attached hydrogens (tertiary/aromatic N) is 3. The zero-order valence-corrected chi connectivity index (χ0v) is 14.5. The van der Waals surface area contributed by atoms with Crippen LogP contribution < -0.4 is 4.74 Å². The van der Waals surface area contributed by atoms with Gasteiger partial charge >= 0.3 is 0 Å². The number of rotatable bonds is 6. The number of benzene rings is 1. The molecule has 0 unspecified atom stereocenters. The second kappa shape index (κ2) is 8.14. The van der Waals surface area contributed by atoms with Crippen molar-refractivity contribution < 1.29 is 13.9 Å². The van der Waals surface area contributed by atoms with Crippen LogP contribution in [0.3, 0.4) is 0 Å². The van der Waals surface area contributed by atoms with E-state index in [2.05, 4.69) is 5.10 Å². The monoisotopic (exact) mass is 345 g/mol. The number of piperidine rings is 1. The number of aryl methyl sites for hydroxylation is 1. The number of hydrogen-bond acceptors (Lipinski definition) is 3. The Labute approximate surface area is 147 Å². The number of carbonyl (C=O) groups is 1. The Hall–Kier alpha value is -2.37. The molecule has 3 rings (SSSR count). The second-order valence-electron chi connectivity index (χ2n) is 6.52. The average Bonchev–Trinajstić information content (AvgIpc) is 3.06. The van der Waals surface area contributed by atoms with Crippen molar-refractivity contribution in [3.05, 3.63) is 48.0 Å². The quantitative estimate of drug-likeness (QED) is 0.754. The van der Waals surface area contributed by atoms with Crippen LogP contribution in [0.15, 0.2) is 36.7 Å². The SMILES string of the molecule is Cc1cnn([C@@H]2CCCN(C(=O)CCCOc3ccccc3F)C2)c1. The molecule has 25 heavy (non-hydrogen) atoms. The number of ether oxygens (including phenoxy) is 1. The first kappa shape index (κ1) is 17.5. The summed E-state index contributed by atoms with van der Waals surface area (Å²) >= 11 is 0. The van der Waals surface area contributed by atoms with Gasteiger partial charge in [-0.05, 0) is 43.9 Å². The summed E-state index contributed by atoms with van der Waals surface area (Å²) < 4.78 is 20.8. The topological polar surface area (TPSA) is 47.4 Å². The van der Waals surface area contributed by atoms with Crippen LogP contribution in [-0.4, -0.2) is 40.3 Å². The molecule has 6 heteroatoms. The van der Waals surface area contributed by atoms with Crippen LogP contribution in [0.2, 0.25) is 0 Å². The van der Waals surface area contributed by atoms with Crippen LogP contribution in [0.4, 0.5) is 4.39 Å². The average molecular weight is 345 g/mol. The van der Waals surface area contributed by atoms with Gasteiger partial charge in [-0.3, -0.25) is 9.48 Å². The molecule has 1 atom stereocenters. The van der Waals surface area contributed by atoms with E-state index in [0.717, 1.165) is 24.9 Å². The lowest BCUT2D eigenvalue weighted by molar-refractivity contribution is -0.133. The van der Waals surface area contributed by atoms with Gasteiger partial charge in [0, 0.05) is 25.7 Å². The summed E-state index contributed by atoms with van der Waals surface area (Å²) in [6.45, 7) is 3.85.